The lowest BCUT2D eigenvalue weighted by atomic mass is 10.0. The molecule has 0 bridgehead atoms. The van der Waals surface area contributed by atoms with E-state index in [1.54, 1.807) is 19.2 Å². The SMILES string of the molecule is COc1ccc([C@@H]2CCCN2C(=O)CSc2ccc(F)cc2)cc1. The smallest absolute Gasteiger partial charge is 0.233 e. The van der Waals surface area contributed by atoms with Crippen LogP contribution in [-0.4, -0.2) is 30.2 Å². The molecule has 1 amide bonds. The molecule has 2 aromatic carbocycles. The van der Waals surface area contributed by atoms with Crippen LogP contribution in [0.4, 0.5) is 4.39 Å². The number of carbonyl (C=O) groups excluding carboxylic acids is 1. The van der Waals surface area contributed by atoms with Gasteiger partial charge in [0.25, 0.3) is 0 Å². The number of hydrogen-bond donors (Lipinski definition) is 0. The molecule has 0 aliphatic carbocycles. The molecule has 24 heavy (non-hydrogen) atoms. The van der Waals surface area contributed by atoms with Gasteiger partial charge in [-0.1, -0.05) is 12.1 Å². The number of thioether (sulfide) groups is 1. The lowest BCUT2D eigenvalue weighted by Gasteiger charge is -2.25. The first-order valence-corrected chi connectivity index (χ1v) is 8.98. The molecule has 1 aliphatic heterocycles. The number of carbonyl (C=O) groups is 1. The number of benzene rings is 2. The Morgan fingerprint density at radius 2 is 1.92 bits per heavy atom. The van der Waals surface area contributed by atoms with Crippen molar-refractivity contribution in [3.63, 3.8) is 0 Å². The Kier molecular flexibility index (Phi) is 5.41. The van der Waals surface area contributed by atoms with Crippen molar-refractivity contribution < 1.29 is 13.9 Å². The minimum Gasteiger partial charge on any atom is -0.497 e. The second-order valence-corrected chi connectivity index (χ2v) is 6.81. The van der Waals surface area contributed by atoms with E-state index >= 15 is 0 Å². The molecule has 1 aliphatic rings. The molecular weight excluding hydrogens is 325 g/mol. The van der Waals surface area contributed by atoms with E-state index in [1.165, 1.54) is 23.9 Å². The molecule has 1 heterocycles. The number of likely N-dealkylation sites (tertiary alicyclic amines) is 1. The van der Waals surface area contributed by atoms with Crippen molar-refractivity contribution in [1.82, 2.24) is 4.90 Å². The Morgan fingerprint density at radius 1 is 1.21 bits per heavy atom. The van der Waals surface area contributed by atoms with Crippen molar-refractivity contribution in [3.05, 3.63) is 59.9 Å². The summed E-state index contributed by atoms with van der Waals surface area (Å²) in [5, 5.41) is 0. The van der Waals surface area contributed by atoms with Crippen LogP contribution in [0.15, 0.2) is 53.4 Å². The summed E-state index contributed by atoms with van der Waals surface area (Å²) in [6.45, 7) is 0.791. The maximum absolute atomic E-state index is 12.9. The van der Waals surface area contributed by atoms with Gasteiger partial charge in [-0.15, -0.1) is 11.8 Å². The molecule has 3 nitrogen and oxygen atoms in total. The van der Waals surface area contributed by atoms with Crippen molar-refractivity contribution in [2.45, 2.75) is 23.8 Å². The standard InChI is InChI=1S/C19H20FNO2S/c1-23-16-8-4-14(5-9-16)18-3-2-12-21(18)19(22)13-24-17-10-6-15(20)7-11-17/h4-11,18H,2-3,12-13H2,1H3/t18-/m0/s1. The molecular formula is C19H20FNO2S. The number of nitrogens with zero attached hydrogens (tertiary/aromatic N) is 1. The predicted molar refractivity (Wildman–Crippen MR) is 93.8 cm³/mol. The topological polar surface area (TPSA) is 29.5 Å². The van der Waals surface area contributed by atoms with Crippen LogP contribution in [0.25, 0.3) is 0 Å². The van der Waals surface area contributed by atoms with Gasteiger partial charge in [-0.3, -0.25) is 4.79 Å². The lowest BCUT2D eigenvalue weighted by Crippen LogP contribution is -2.31. The average Bonchev–Trinajstić information content (AvgIpc) is 3.11. The van der Waals surface area contributed by atoms with Crippen LogP contribution >= 0.6 is 11.8 Å². The predicted octanol–water partition coefficient (Wildman–Crippen LogP) is 4.29. The molecule has 3 rings (SSSR count). The summed E-state index contributed by atoms with van der Waals surface area (Å²) in [5.41, 5.74) is 1.15. The fourth-order valence-electron chi connectivity index (χ4n) is 3.00. The molecule has 0 aromatic heterocycles. The molecule has 5 heteroatoms. The van der Waals surface area contributed by atoms with Gasteiger partial charge in [0.2, 0.25) is 5.91 Å². The zero-order valence-electron chi connectivity index (χ0n) is 13.6. The van der Waals surface area contributed by atoms with Gasteiger partial charge in [0, 0.05) is 11.4 Å². The normalized spacial score (nSPS) is 17.1. The van der Waals surface area contributed by atoms with E-state index in [0.717, 1.165) is 35.6 Å². The Labute approximate surface area is 145 Å². The minimum absolute atomic E-state index is 0.127. The van der Waals surface area contributed by atoms with E-state index in [0.29, 0.717) is 5.75 Å². The Morgan fingerprint density at radius 3 is 2.58 bits per heavy atom. The first-order chi connectivity index (χ1) is 11.7. The van der Waals surface area contributed by atoms with Gasteiger partial charge in [0.1, 0.15) is 11.6 Å². The molecule has 0 radical (unpaired) electrons. The number of halogens is 1. The summed E-state index contributed by atoms with van der Waals surface area (Å²) < 4.78 is 18.1. The third-order valence-electron chi connectivity index (χ3n) is 4.25. The summed E-state index contributed by atoms with van der Waals surface area (Å²) in [4.78, 5) is 15.5. The minimum atomic E-state index is -0.259. The highest BCUT2D eigenvalue weighted by Crippen LogP contribution is 2.33. The molecule has 126 valence electrons. The van der Waals surface area contributed by atoms with Gasteiger partial charge in [-0.2, -0.15) is 0 Å². The highest BCUT2D eigenvalue weighted by Gasteiger charge is 2.29. The maximum atomic E-state index is 12.9. The molecule has 0 spiro atoms. The number of amides is 1. The highest BCUT2D eigenvalue weighted by molar-refractivity contribution is 8.00. The highest BCUT2D eigenvalue weighted by atomic mass is 32.2. The van der Waals surface area contributed by atoms with Crippen molar-refractivity contribution in [3.8, 4) is 5.75 Å². The molecule has 0 N–H and O–H groups in total. The Bertz CT molecular complexity index is 688. The molecule has 1 fully saturated rings. The van der Waals surface area contributed by atoms with Crippen LogP contribution < -0.4 is 4.74 Å². The second-order valence-electron chi connectivity index (χ2n) is 5.76. The third kappa shape index (κ3) is 3.90. The summed E-state index contributed by atoms with van der Waals surface area (Å²) >= 11 is 1.45. The summed E-state index contributed by atoms with van der Waals surface area (Å²) in [6.07, 6.45) is 2.00. The largest absolute Gasteiger partial charge is 0.497 e. The average molecular weight is 345 g/mol. The molecule has 0 saturated carbocycles. The van der Waals surface area contributed by atoms with Crippen molar-refractivity contribution in [2.75, 3.05) is 19.4 Å². The first-order valence-electron chi connectivity index (χ1n) is 7.99. The fraction of sp³-hybridized carbons (Fsp3) is 0.316. The Hall–Kier alpha value is -2.01. The van der Waals surface area contributed by atoms with E-state index < -0.39 is 0 Å². The van der Waals surface area contributed by atoms with Gasteiger partial charge < -0.3 is 9.64 Å². The monoisotopic (exact) mass is 345 g/mol. The number of ether oxygens (including phenoxy) is 1. The van der Waals surface area contributed by atoms with Gasteiger partial charge in [0.15, 0.2) is 0 Å². The molecule has 1 saturated heterocycles. The molecule has 2 aromatic rings. The number of hydrogen-bond acceptors (Lipinski definition) is 3. The summed E-state index contributed by atoms with van der Waals surface area (Å²) in [7, 11) is 1.65. The maximum Gasteiger partial charge on any atom is 0.233 e. The van der Waals surface area contributed by atoms with Crippen LogP contribution in [-0.2, 0) is 4.79 Å². The van der Waals surface area contributed by atoms with Crippen molar-refractivity contribution in [2.24, 2.45) is 0 Å². The van der Waals surface area contributed by atoms with Gasteiger partial charge >= 0.3 is 0 Å². The quantitative estimate of drug-likeness (QED) is 0.757. The van der Waals surface area contributed by atoms with Crippen molar-refractivity contribution in [1.29, 1.82) is 0 Å². The van der Waals surface area contributed by atoms with Crippen molar-refractivity contribution >= 4 is 17.7 Å². The summed E-state index contributed by atoms with van der Waals surface area (Å²) in [5.74, 6) is 1.06. The second kappa shape index (κ2) is 7.71. The lowest BCUT2D eigenvalue weighted by molar-refractivity contribution is -0.129. The van der Waals surface area contributed by atoms with E-state index in [9.17, 15) is 9.18 Å². The molecule has 1 atom stereocenters. The van der Waals surface area contributed by atoms with Crippen LogP contribution in [0.1, 0.15) is 24.4 Å². The summed E-state index contributed by atoms with van der Waals surface area (Å²) in [6, 6.07) is 14.3. The van der Waals surface area contributed by atoms with Gasteiger partial charge in [-0.05, 0) is 54.8 Å². The van der Waals surface area contributed by atoms with Crippen LogP contribution in [0.2, 0.25) is 0 Å². The van der Waals surface area contributed by atoms with E-state index in [4.69, 9.17) is 4.74 Å². The Balaban J connectivity index is 1.63. The van der Waals surface area contributed by atoms with Crippen LogP contribution in [0.5, 0.6) is 5.75 Å². The van der Waals surface area contributed by atoms with E-state index in [-0.39, 0.29) is 17.8 Å². The van der Waals surface area contributed by atoms with E-state index in [1.807, 2.05) is 29.2 Å². The third-order valence-corrected chi connectivity index (χ3v) is 5.25. The first kappa shape index (κ1) is 16.8. The fourth-order valence-corrected chi connectivity index (χ4v) is 3.78. The zero-order chi connectivity index (χ0) is 16.9. The number of rotatable bonds is 5. The molecule has 0 unspecified atom stereocenters. The van der Waals surface area contributed by atoms with Crippen LogP contribution in [0, 0.1) is 5.82 Å². The van der Waals surface area contributed by atoms with Gasteiger partial charge in [-0.25, -0.2) is 4.39 Å². The zero-order valence-corrected chi connectivity index (χ0v) is 14.4. The van der Waals surface area contributed by atoms with Gasteiger partial charge in [0.05, 0.1) is 18.9 Å². The number of methoxy groups -OCH3 is 1. The van der Waals surface area contributed by atoms with Crippen LogP contribution in [0.3, 0.4) is 0 Å². The van der Waals surface area contributed by atoms with E-state index in [2.05, 4.69) is 0 Å².